The van der Waals surface area contributed by atoms with Crippen molar-refractivity contribution in [1.29, 1.82) is 0 Å². The molecule has 3 N–H and O–H groups in total. The second kappa shape index (κ2) is 6.84. The average Bonchev–Trinajstić information content (AvgIpc) is 2.38. The number of ether oxygens (including phenoxy) is 1. The van der Waals surface area contributed by atoms with Gasteiger partial charge in [0, 0.05) is 5.92 Å². The summed E-state index contributed by atoms with van der Waals surface area (Å²) in [7, 11) is 1.22. The highest BCUT2D eigenvalue weighted by molar-refractivity contribution is 6.01. The van der Waals surface area contributed by atoms with Crippen LogP contribution in [-0.2, 0) is 9.53 Å². The first kappa shape index (κ1) is 15.1. The van der Waals surface area contributed by atoms with Gasteiger partial charge in [0.15, 0.2) is 0 Å². The molecule has 0 saturated heterocycles. The monoisotopic (exact) mass is 268 g/mol. The molecule has 0 aliphatic heterocycles. The SMILES string of the molecule is COC(=O)c1ccc(F)cc1NC(=O)C(C)CCN. The molecule has 5 nitrogen and oxygen atoms in total. The summed E-state index contributed by atoms with van der Waals surface area (Å²) < 4.78 is 17.8. The second-order valence-electron chi connectivity index (χ2n) is 4.15. The van der Waals surface area contributed by atoms with E-state index in [-0.39, 0.29) is 23.1 Å². The number of anilines is 1. The molecule has 1 rings (SSSR count). The van der Waals surface area contributed by atoms with Gasteiger partial charge in [-0.05, 0) is 31.2 Å². The largest absolute Gasteiger partial charge is 0.465 e. The minimum atomic E-state index is -0.637. The fourth-order valence-electron chi connectivity index (χ4n) is 1.54. The van der Waals surface area contributed by atoms with E-state index in [0.717, 1.165) is 12.1 Å². The molecule has 0 radical (unpaired) electrons. The summed E-state index contributed by atoms with van der Waals surface area (Å²) in [4.78, 5) is 23.3. The maximum absolute atomic E-state index is 13.2. The van der Waals surface area contributed by atoms with Gasteiger partial charge >= 0.3 is 5.97 Å². The number of carbonyl (C=O) groups is 2. The maximum Gasteiger partial charge on any atom is 0.339 e. The van der Waals surface area contributed by atoms with Gasteiger partial charge < -0.3 is 15.8 Å². The van der Waals surface area contributed by atoms with Gasteiger partial charge in [0.2, 0.25) is 5.91 Å². The lowest BCUT2D eigenvalue weighted by Crippen LogP contribution is -2.24. The Morgan fingerprint density at radius 3 is 2.74 bits per heavy atom. The number of methoxy groups -OCH3 is 1. The van der Waals surface area contributed by atoms with Crippen LogP contribution in [0.2, 0.25) is 0 Å². The van der Waals surface area contributed by atoms with Crippen molar-refractivity contribution in [3.05, 3.63) is 29.6 Å². The molecule has 0 bridgehead atoms. The highest BCUT2D eigenvalue weighted by Gasteiger charge is 2.17. The van der Waals surface area contributed by atoms with Crippen LogP contribution in [0.25, 0.3) is 0 Å². The number of esters is 1. The fourth-order valence-corrected chi connectivity index (χ4v) is 1.54. The molecule has 19 heavy (non-hydrogen) atoms. The third-order valence-corrected chi connectivity index (χ3v) is 2.69. The number of hydrogen-bond acceptors (Lipinski definition) is 4. The molecular weight excluding hydrogens is 251 g/mol. The van der Waals surface area contributed by atoms with E-state index < -0.39 is 11.8 Å². The van der Waals surface area contributed by atoms with Gasteiger partial charge in [0.05, 0.1) is 18.4 Å². The molecule has 0 spiro atoms. The molecule has 0 aliphatic carbocycles. The Labute approximate surface area is 110 Å². The smallest absolute Gasteiger partial charge is 0.339 e. The summed E-state index contributed by atoms with van der Waals surface area (Å²) in [5, 5.41) is 2.52. The van der Waals surface area contributed by atoms with Crippen LogP contribution in [0, 0.1) is 11.7 Å². The van der Waals surface area contributed by atoms with Crippen molar-refractivity contribution < 1.29 is 18.7 Å². The Morgan fingerprint density at radius 1 is 1.47 bits per heavy atom. The molecule has 6 heteroatoms. The summed E-state index contributed by atoms with van der Waals surface area (Å²) in [5.74, 6) is -1.82. The van der Waals surface area contributed by atoms with Crippen molar-refractivity contribution in [2.75, 3.05) is 19.0 Å². The summed E-state index contributed by atoms with van der Waals surface area (Å²) in [6.45, 7) is 2.08. The predicted octanol–water partition coefficient (Wildman–Crippen LogP) is 1.54. The lowest BCUT2D eigenvalue weighted by molar-refractivity contribution is -0.119. The molecule has 0 fully saturated rings. The number of halogens is 1. The Kier molecular flexibility index (Phi) is 5.44. The van der Waals surface area contributed by atoms with Crippen molar-refractivity contribution in [3.8, 4) is 0 Å². The first-order valence-corrected chi connectivity index (χ1v) is 5.88. The van der Waals surface area contributed by atoms with E-state index in [1.165, 1.54) is 13.2 Å². The van der Waals surface area contributed by atoms with Crippen molar-refractivity contribution in [2.45, 2.75) is 13.3 Å². The molecular formula is C13H17FN2O3. The zero-order valence-corrected chi connectivity index (χ0v) is 10.9. The Bertz CT molecular complexity index is 477. The normalized spacial score (nSPS) is 11.8. The van der Waals surface area contributed by atoms with Gasteiger partial charge in [-0.2, -0.15) is 0 Å². The Hall–Kier alpha value is -1.95. The lowest BCUT2D eigenvalue weighted by atomic mass is 10.1. The van der Waals surface area contributed by atoms with Gasteiger partial charge in [-0.15, -0.1) is 0 Å². The number of carbonyl (C=O) groups excluding carboxylic acids is 2. The molecule has 0 aromatic heterocycles. The van der Waals surface area contributed by atoms with Gasteiger partial charge in [-0.1, -0.05) is 6.92 Å². The van der Waals surface area contributed by atoms with Crippen LogP contribution >= 0.6 is 0 Å². The zero-order valence-electron chi connectivity index (χ0n) is 10.9. The van der Waals surface area contributed by atoms with Crippen LogP contribution in [0.3, 0.4) is 0 Å². The van der Waals surface area contributed by atoms with E-state index in [1.54, 1.807) is 6.92 Å². The fraction of sp³-hybridized carbons (Fsp3) is 0.385. The van der Waals surface area contributed by atoms with Gasteiger partial charge in [-0.25, -0.2) is 9.18 Å². The molecule has 1 unspecified atom stereocenters. The topological polar surface area (TPSA) is 81.4 Å². The predicted molar refractivity (Wildman–Crippen MR) is 69.2 cm³/mol. The second-order valence-corrected chi connectivity index (χ2v) is 4.15. The molecule has 0 aliphatic rings. The van der Waals surface area contributed by atoms with Crippen molar-refractivity contribution >= 4 is 17.6 Å². The highest BCUT2D eigenvalue weighted by atomic mass is 19.1. The minimum Gasteiger partial charge on any atom is -0.465 e. The molecule has 104 valence electrons. The number of rotatable bonds is 5. The van der Waals surface area contributed by atoms with Gasteiger partial charge in [-0.3, -0.25) is 4.79 Å². The van der Waals surface area contributed by atoms with Crippen LogP contribution in [-0.4, -0.2) is 25.5 Å². The average molecular weight is 268 g/mol. The zero-order chi connectivity index (χ0) is 14.4. The molecule has 0 saturated carbocycles. The third-order valence-electron chi connectivity index (χ3n) is 2.69. The van der Waals surface area contributed by atoms with Gasteiger partial charge in [0.1, 0.15) is 5.82 Å². The number of amides is 1. The maximum atomic E-state index is 13.2. The van der Waals surface area contributed by atoms with E-state index in [1.807, 2.05) is 0 Å². The highest BCUT2D eigenvalue weighted by Crippen LogP contribution is 2.19. The first-order valence-electron chi connectivity index (χ1n) is 5.88. The number of hydrogen-bond donors (Lipinski definition) is 2. The van der Waals surface area contributed by atoms with E-state index in [4.69, 9.17) is 5.73 Å². The van der Waals surface area contributed by atoms with Crippen LogP contribution < -0.4 is 11.1 Å². The lowest BCUT2D eigenvalue weighted by Gasteiger charge is -2.13. The Morgan fingerprint density at radius 2 is 2.16 bits per heavy atom. The molecule has 1 atom stereocenters. The molecule has 1 aromatic rings. The number of benzene rings is 1. The Balaban J connectivity index is 2.96. The van der Waals surface area contributed by atoms with E-state index in [2.05, 4.69) is 10.1 Å². The summed E-state index contributed by atoms with van der Waals surface area (Å²) in [6.07, 6.45) is 0.509. The molecule has 0 heterocycles. The molecule has 1 aromatic carbocycles. The van der Waals surface area contributed by atoms with Crippen LogP contribution in [0.4, 0.5) is 10.1 Å². The van der Waals surface area contributed by atoms with E-state index in [0.29, 0.717) is 13.0 Å². The van der Waals surface area contributed by atoms with E-state index in [9.17, 15) is 14.0 Å². The summed E-state index contributed by atoms with van der Waals surface area (Å²) in [6, 6.07) is 3.48. The standard InChI is InChI=1S/C13H17FN2O3/c1-8(5-6-15)12(17)16-11-7-9(14)3-4-10(11)13(18)19-2/h3-4,7-8H,5-6,15H2,1-2H3,(H,16,17). The van der Waals surface area contributed by atoms with Crippen LogP contribution in [0.15, 0.2) is 18.2 Å². The third kappa shape index (κ3) is 4.03. The van der Waals surface area contributed by atoms with Crippen LogP contribution in [0.5, 0.6) is 0 Å². The van der Waals surface area contributed by atoms with E-state index >= 15 is 0 Å². The summed E-state index contributed by atoms with van der Waals surface area (Å²) >= 11 is 0. The summed E-state index contributed by atoms with van der Waals surface area (Å²) in [5.41, 5.74) is 5.58. The van der Waals surface area contributed by atoms with Crippen molar-refractivity contribution in [1.82, 2.24) is 0 Å². The van der Waals surface area contributed by atoms with Gasteiger partial charge in [0.25, 0.3) is 0 Å². The molecule has 1 amide bonds. The van der Waals surface area contributed by atoms with Crippen molar-refractivity contribution in [3.63, 3.8) is 0 Å². The quantitative estimate of drug-likeness (QED) is 0.794. The van der Waals surface area contributed by atoms with Crippen molar-refractivity contribution in [2.24, 2.45) is 11.7 Å². The number of nitrogens with two attached hydrogens (primary N) is 1. The minimum absolute atomic E-state index is 0.0979. The first-order chi connectivity index (χ1) is 8.99. The number of nitrogens with one attached hydrogen (secondary N) is 1. The van der Waals surface area contributed by atoms with Crippen LogP contribution in [0.1, 0.15) is 23.7 Å².